The summed E-state index contributed by atoms with van der Waals surface area (Å²) >= 11 is 0. The van der Waals surface area contributed by atoms with Gasteiger partial charge in [-0.2, -0.15) is 0 Å². The summed E-state index contributed by atoms with van der Waals surface area (Å²) in [6.45, 7) is 6.49. The zero-order valence-corrected chi connectivity index (χ0v) is 15.0. The zero-order chi connectivity index (χ0) is 18.0. The van der Waals surface area contributed by atoms with Crippen LogP contribution >= 0.6 is 0 Å². The SMILES string of the molecule is Cc1cccc(NC(=O)C2CC(=O)N(C(C)c3ccccc3)C2)c1C. The minimum atomic E-state index is -0.307. The number of amides is 2. The van der Waals surface area contributed by atoms with E-state index in [2.05, 4.69) is 5.32 Å². The van der Waals surface area contributed by atoms with E-state index in [9.17, 15) is 9.59 Å². The van der Waals surface area contributed by atoms with Crippen molar-refractivity contribution in [2.24, 2.45) is 5.92 Å². The number of likely N-dealkylation sites (tertiary alicyclic amines) is 1. The van der Waals surface area contributed by atoms with E-state index in [1.165, 1.54) is 0 Å². The van der Waals surface area contributed by atoms with Crippen LogP contribution in [0.3, 0.4) is 0 Å². The number of carbonyl (C=O) groups is 2. The van der Waals surface area contributed by atoms with Gasteiger partial charge >= 0.3 is 0 Å². The van der Waals surface area contributed by atoms with Crippen molar-refractivity contribution in [3.05, 3.63) is 65.2 Å². The van der Waals surface area contributed by atoms with Crippen molar-refractivity contribution in [2.75, 3.05) is 11.9 Å². The van der Waals surface area contributed by atoms with Crippen molar-refractivity contribution in [1.82, 2.24) is 4.90 Å². The summed E-state index contributed by atoms with van der Waals surface area (Å²) in [6.07, 6.45) is 0.272. The fraction of sp³-hybridized carbons (Fsp3) is 0.333. The van der Waals surface area contributed by atoms with Crippen LogP contribution in [0.15, 0.2) is 48.5 Å². The molecule has 2 atom stereocenters. The normalized spacial score (nSPS) is 18.3. The number of hydrogen-bond donors (Lipinski definition) is 1. The van der Waals surface area contributed by atoms with Gasteiger partial charge in [-0.25, -0.2) is 0 Å². The van der Waals surface area contributed by atoms with Gasteiger partial charge in [0.25, 0.3) is 0 Å². The molecule has 0 aromatic heterocycles. The minimum absolute atomic E-state index is 0.0211. The van der Waals surface area contributed by atoms with E-state index in [1.807, 2.05) is 74.2 Å². The maximum atomic E-state index is 12.6. The van der Waals surface area contributed by atoms with Crippen molar-refractivity contribution in [3.8, 4) is 0 Å². The van der Waals surface area contributed by atoms with Crippen LogP contribution in [0.5, 0.6) is 0 Å². The summed E-state index contributed by atoms with van der Waals surface area (Å²) < 4.78 is 0. The van der Waals surface area contributed by atoms with E-state index in [-0.39, 0.29) is 30.2 Å². The third kappa shape index (κ3) is 3.58. The maximum Gasteiger partial charge on any atom is 0.229 e. The highest BCUT2D eigenvalue weighted by molar-refractivity contribution is 5.97. The van der Waals surface area contributed by atoms with Crippen LogP contribution in [0.1, 0.15) is 36.1 Å². The molecular formula is C21H24N2O2. The average Bonchev–Trinajstić information content (AvgIpc) is 3.01. The van der Waals surface area contributed by atoms with Crippen LogP contribution in [0.25, 0.3) is 0 Å². The largest absolute Gasteiger partial charge is 0.335 e. The molecule has 0 spiro atoms. The highest BCUT2D eigenvalue weighted by Crippen LogP contribution is 2.29. The summed E-state index contributed by atoms with van der Waals surface area (Å²) in [5.41, 5.74) is 4.12. The lowest BCUT2D eigenvalue weighted by atomic mass is 10.1. The van der Waals surface area contributed by atoms with E-state index in [0.717, 1.165) is 22.4 Å². The van der Waals surface area contributed by atoms with Crippen LogP contribution in [0.4, 0.5) is 5.69 Å². The standard InChI is InChI=1S/C21H24N2O2/c1-14-8-7-11-19(15(14)2)22-21(25)18-12-20(24)23(13-18)16(3)17-9-5-4-6-10-17/h4-11,16,18H,12-13H2,1-3H3,(H,22,25). The molecule has 130 valence electrons. The van der Waals surface area contributed by atoms with Crippen molar-refractivity contribution in [2.45, 2.75) is 33.2 Å². The highest BCUT2D eigenvalue weighted by atomic mass is 16.2. The number of rotatable bonds is 4. The first-order valence-electron chi connectivity index (χ1n) is 8.69. The third-order valence-electron chi connectivity index (χ3n) is 5.14. The van der Waals surface area contributed by atoms with Crippen LogP contribution in [-0.2, 0) is 9.59 Å². The smallest absolute Gasteiger partial charge is 0.229 e. The van der Waals surface area contributed by atoms with Gasteiger partial charge in [-0.05, 0) is 43.5 Å². The van der Waals surface area contributed by atoms with Crippen molar-refractivity contribution in [3.63, 3.8) is 0 Å². The van der Waals surface area contributed by atoms with Gasteiger partial charge in [0.05, 0.1) is 12.0 Å². The molecule has 4 heteroatoms. The number of carbonyl (C=O) groups excluding carboxylic acids is 2. The lowest BCUT2D eigenvalue weighted by Gasteiger charge is -2.25. The zero-order valence-electron chi connectivity index (χ0n) is 15.0. The Morgan fingerprint density at radius 2 is 1.84 bits per heavy atom. The van der Waals surface area contributed by atoms with Gasteiger partial charge in [0, 0.05) is 18.7 Å². The Bertz CT molecular complexity index is 786. The molecule has 1 heterocycles. The van der Waals surface area contributed by atoms with Crippen LogP contribution in [0, 0.1) is 19.8 Å². The molecule has 1 fully saturated rings. The second-order valence-corrected chi connectivity index (χ2v) is 6.77. The second kappa shape index (κ2) is 7.09. The first kappa shape index (κ1) is 17.2. The number of anilines is 1. The van der Waals surface area contributed by atoms with E-state index >= 15 is 0 Å². The Kier molecular flexibility index (Phi) is 4.88. The molecular weight excluding hydrogens is 312 g/mol. The Morgan fingerprint density at radius 3 is 2.56 bits per heavy atom. The van der Waals surface area contributed by atoms with E-state index in [4.69, 9.17) is 0 Å². The first-order valence-corrected chi connectivity index (χ1v) is 8.69. The van der Waals surface area contributed by atoms with Crippen LogP contribution in [0.2, 0.25) is 0 Å². The molecule has 1 aliphatic heterocycles. The van der Waals surface area contributed by atoms with E-state index < -0.39 is 0 Å². The van der Waals surface area contributed by atoms with Gasteiger partial charge in [-0.1, -0.05) is 42.5 Å². The summed E-state index contributed by atoms with van der Waals surface area (Å²) in [5.74, 6) is -0.346. The summed E-state index contributed by atoms with van der Waals surface area (Å²) in [5, 5.41) is 2.99. The third-order valence-corrected chi connectivity index (χ3v) is 5.14. The molecule has 2 amide bonds. The molecule has 4 nitrogen and oxygen atoms in total. The molecule has 1 saturated heterocycles. The monoisotopic (exact) mass is 336 g/mol. The quantitative estimate of drug-likeness (QED) is 0.922. The number of benzene rings is 2. The predicted molar refractivity (Wildman–Crippen MR) is 99.2 cm³/mol. The minimum Gasteiger partial charge on any atom is -0.335 e. The Labute approximate surface area is 148 Å². The number of nitrogens with one attached hydrogen (secondary N) is 1. The molecule has 2 unspecified atom stereocenters. The van der Waals surface area contributed by atoms with Crippen molar-refractivity contribution >= 4 is 17.5 Å². The Morgan fingerprint density at radius 1 is 1.12 bits per heavy atom. The summed E-state index contributed by atoms with van der Waals surface area (Å²) in [7, 11) is 0. The average molecular weight is 336 g/mol. The van der Waals surface area contributed by atoms with Gasteiger partial charge in [0.1, 0.15) is 0 Å². The molecule has 2 aromatic carbocycles. The molecule has 1 N–H and O–H groups in total. The number of aryl methyl sites for hydroxylation is 1. The fourth-order valence-electron chi connectivity index (χ4n) is 3.31. The number of nitrogens with zero attached hydrogens (tertiary/aromatic N) is 1. The number of hydrogen-bond acceptors (Lipinski definition) is 2. The highest BCUT2D eigenvalue weighted by Gasteiger charge is 2.37. The molecule has 0 aliphatic carbocycles. The van der Waals surface area contributed by atoms with Crippen LogP contribution in [-0.4, -0.2) is 23.3 Å². The van der Waals surface area contributed by atoms with Gasteiger partial charge < -0.3 is 10.2 Å². The maximum absolute atomic E-state index is 12.6. The Hall–Kier alpha value is -2.62. The van der Waals surface area contributed by atoms with Gasteiger partial charge in [0.2, 0.25) is 11.8 Å². The molecule has 0 radical (unpaired) electrons. The molecule has 3 rings (SSSR count). The molecule has 25 heavy (non-hydrogen) atoms. The molecule has 0 bridgehead atoms. The topological polar surface area (TPSA) is 49.4 Å². The molecule has 2 aromatic rings. The van der Waals surface area contributed by atoms with Gasteiger partial charge in [0.15, 0.2) is 0 Å². The second-order valence-electron chi connectivity index (χ2n) is 6.77. The lowest BCUT2D eigenvalue weighted by Crippen LogP contribution is -2.30. The lowest BCUT2D eigenvalue weighted by molar-refractivity contribution is -0.129. The van der Waals surface area contributed by atoms with Gasteiger partial charge in [-0.3, -0.25) is 9.59 Å². The predicted octanol–water partition coefficient (Wildman–Crippen LogP) is 3.85. The van der Waals surface area contributed by atoms with E-state index in [0.29, 0.717) is 6.54 Å². The van der Waals surface area contributed by atoms with Gasteiger partial charge in [-0.15, -0.1) is 0 Å². The van der Waals surface area contributed by atoms with Crippen LogP contribution < -0.4 is 5.32 Å². The van der Waals surface area contributed by atoms with E-state index in [1.54, 1.807) is 0 Å². The molecule has 1 aliphatic rings. The Balaban J connectivity index is 1.69. The van der Waals surface area contributed by atoms with Crippen molar-refractivity contribution < 1.29 is 9.59 Å². The van der Waals surface area contributed by atoms with Crippen molar-refractivity contribution in [1.29, 1.82) is 0 Å². The summed E-state index contributed by atoms with van der Waals surface area (Å²) in [4.78, 5) is 26.9. The fourth-order valence-corrected chi connectivity index (χ4v) is 3.31. The first-order chi connectivity index (χ1) is 12.0. The molecule has 0 saturated carbocycles. The summed E-state index contributed by atoms with van der Waals surface area (Å²) in [6, 6.07) is 15.8.